The Labute approximate surface area is 81.0 Å². The summed E-state index contributed by atoms with van der Waals surface area (Å²) in [6, 6.07) is 0.218. The summed E-state index contributed by atoms with van der Waals surface area (Å²) in [6.07, 6.45) is 2.88. The van der Waals surface area contributed by atoms with Crippen LogP contribution >= 0.6 is 0 Å². The molecule has 4 nitrogen and oxygen atoms in total. The van der Waals surface area contributed by atoms with Gasteiger partial charge in [-0.2, -0.15) is 0 Å². The quantitative estimate of drug-likeness (QED) is 0.427. The first-order chi connectivity index (χ1) is 6.10. The van der Waals surface area contributed by atoms with Crippen LogP contribution in [-0.4, -0.2) is 25.2 Å². The Hall–Kier alpha value is -0.160. The molecule has 0 heterocycles. The van der Waals surface area contributed by atoms with Crippen LogP contribution in [0.1, 0.15) is 26.2 Å². The fourth-order valence-corrected chi connectivity index (χ4v) is 1.22. The van der Waals surface area contributed by atoms with E-state index in [2.05, 4.69) is 6.92 Å². The summed E-state index contributed by atoms with van der Waals surface area (Å²) in [5.74, 6) is 0.556. The van der Waals surface area contributed by atoms with Gasteiger partial charge in [-0.15, -0.1) is 0 Å². The Morgan fingerprint density at radius 2 is 1.54 bits per heavy atom. The van der Waals surface area contributed by atoms with Crippen molar-refractivity contribution >= 4 is 0 Å². The lowest BCUT2D eigenvalue weighted by molar-refractivity contribution is 0.437. The van der Waals surface area contributed by atoms with Gasteiger partial charge in [0.1, 0.15) is 0 Å². The van der Waals surface area contributed by atoms with Gasteiger partial charge in [0.2, 0.25) is 0 Å². The van der Waals surface area contributed by atoms with E-state index in [1.807, 2.05) is 0 Å². The second kappa shape index (κ2) is 7.26. The Morgan fingerprint density at radius 3 is 2.00 bits per heavy atom. The predicted octanol–water partition coefficient (Wildman–Crippen LogP) is -0.635. The molecule has 0 aliphatic rings. The second-order valence-corrected chi connectivity index (χ2v) is 3.91. The van der Waals surface area contributed by atoms with Crippen LogP contribution in [0.2, 0.25) is 0 Å². The Balaban J connectivity index is 3.45. The molecular formula is C9H24N4. The van der Waals surface area contributed by atoms with Gasteiger partial charge in [0.25, 0.3) is 0 Å². The van der Waals surface area contributed by atoms with Gasteiger partial charge in [0.15, 0.2) is 0 Å². The van der Waals surface area contributed by atoms with Crippen molar-refractivity contribution < 1.29 is 0 Å². The summed E-state index contributed by atoms with van der Waals surface area (Å²) >= 11 is 0. The van der Waals surface area contributed by atoms with Gasteiger partial charge >= 0.3 is 0 Å². The molecule has 0 fully saturated rings. The number of hydrogen-bond donors (Lipinski definition) is 4. The highest BCUT2D eigenvalue weighted by molar-refractivity contribution is 4.72. The average molecular weight is 188 g/mol. The van der Waals surface area contributed by atoms with Crippen LogP contribution in [0.5, 0.6) is 0 Å². The van der Waals surface area contributed by atoms with E-state index in [0.29, 0.717) is 12.5 Å². The molecule has 0 aromatic carbocycles. The Bertz CT molecular complexity index is 118. The van der Waals surface area contributed by atoms with Gasteiger partial charge in [-0.05, 0) is 31.7 Å². The van der Waals surface area contributed by atoms with Gasteiger partial charge in [-0.1, -0.05) is 6.92 Å². The average Bonchev–Trinajstić information content (AvgIpc) is 2.13. The summed E-state index contributed by atoms with van der Waals surface area (Å²) in [4.78, 5) is 0. The first-order valence-corrected chi connectivity index (χ1v) is 5.01. The van der Waals surface area contributed by atoms with Gasteiger partial charge in [0.05, 0.1) is 0 Å². The molecule has 8 N–H and O–H groups in total. The highest BCUT2D eigenvalue weighted by Crippen LogP contribution is 2.07. The van der Waals surface area contributed by atoms with Crippen LogP contribution in [0.3, 0.4) is 0 Å². The van der Waals surface area contributed by atoms with Crippen molar-refractivity contribution in [2.75, 3.05) is 13.1 Å². The van der Waals surface area contributed by atoms with Gasteiger partial charge in [-0.3, -0.25) is 0 Å². The van der Waals surface area contributed by atoms with Gasteiger partial charge < -0.3 is 22.9 Å². The smallest absolute Gasteiger partial charge is 0.0177 e. The van der Waals surface area contributed by atoms with E-state index in [1.165, 1.54) is 0 Å². The van der Waals surface area contributed by atoms with E-state index in [9.17, 15) is 0 Å². The standard InChI is InChI=1S/C9H24N4/c1-7(5-10)2-3-8(12)4-9(13)6-11/h7-9H,2-6,10-13H2,1H3. The maximum atomic E-state index is 5.88. The predicted molar refractivity (Wildman–Crippen MR) is 57.1 cm³/mol. The zero-order valence-corrected chi connectivity index (χ0v) is 8.58. The molecule has 0 bridgehead atoms. The molecule has 0 aromatic rings. The molecule has 13 heavy (non-hydrogen) atoms. The zero-order chi connectivity index (χ0) is 10.3. The van der Waals surface area contributed by atoms with Crippen LogP contribution in [0, 0.1) is 5.92 Å². The van der Waals surface area contributed by atoms with Crippen molar-refractivity contribution in [1.29, 1.82) is 0 Å². The highest BCUT2D eigenvalue weighted by atomic mass is 14.7. The fraction of sp³-hybridized carbons (Fsp3) is 1.00. The normalized spacial score (nSPS) is 18.2. The minimum atomic E-state index is 0.0446. The molecule has 80 valence electrons. The number of rotatable bonds is 7. The van der Waals surface area contributed by atoms with Crippen molar-refractivity contribution in [2.45, 2.75) is 38.3 Å². The lowest BCUT2D eigenvalue weighted by Crippen LogP contribution is -2.37. The third-order valence-electron chi connectivity index (χ3n) is 2.34. The molecule has 0 radical (unpaired) electrons. The molecule has 0 saturated heterocycles. The zero-order valence-electron chi connectivity index (χ0n) is 8.58. The van der Waals surface area contributed by atoms with Crippen LogP contribution in [0.4, 0.5) is 0 Å². The van der Waals surface area contributed by atoms with Crippen LogP contribution < -0.4 is 22.9 Å². The molecular weight excluding hydrogens is 164 g/mol. The van der Waals surface area contributed by atoms with Crippen molar-refractivity contribution in [3.63, 3.8) is 0 Å². The maximum absolute atomic E-state index is 5.88. The van der Waals surface area contributed by atoms with Crippen LogP contribution in [0.25, 0.3) is 0 Å². The fourth-order valence-electron chi connectivity index (χ4n) is 1.22. The van der Waals surface area contributed by atoms with Crippen LogP contribution in [0.15, 0.2) is 0 Å². The number of hydrogen-bond acceptors (Lipinski definition) is 4. The van der Waals surface area contributed by atoms with Gasteiger partial charge in [0, 0.05) is 18.6 Å². The molecule has 0 amide bonds. The summed E-state index contributed by atoms with van der Waals surface area (Å²) in [6.45, 7) is 3.38. The monoisotopic (exact) mass is 188 g/mol. The van der Waals surface area contributed by atoms with E-state index in [0.717, 1.165) is 25.8 Å². The van der Waals surface area contributed by atoms with E-state index in [4.69, 9.17) is 22.9 Å². The molecule has 4 heteroatoms. The third-order valence-corrected chi connectivity index (χ3v) is 2.34. The van der Waals surface area contributed by atoms with Crippen molar-refractivity contribution in [3.05, 3.63) is 0 Å². The first-order valence-electron chi connectivity index (χ1n) is 5.01. The van der Waals surface area contributed by atoms with Crippen LogP contribution in [-0.2, 0) is 0 Å². The molecule has 0 rings (SSSR count). The van der Waals surface area contributed by atoms with Crippen molar-refractivity contribution in [3.8, 4) is 0 Å². The van der Waals surface area contributed by atoms with Crippen molar-refractivity contribution in [1.82, 2.24) is 0 Å². The molecule has 0 saturated carbocycles. The van der Waals surface area contributed by atoms with E-state index in [1.54, 1.807) is 0 Å². The first kappa shape index (κ1) is 12.8. The molecule has 0 aromatic heterocycles. The molecule has 0 aliphatic heterocycles. The van der Waals surface area contributed by atoms with E-state index in [-0.39, 0.29) is 12.1 Å². The second-order valence-electron chi connectivity index (χ2n) is 3.91. The molecule has 0 aliphatic carbocycles. The highest BCUT2D eigenvalue weighted by Gasteiger charge is 2.09. The van der Waals surface area contributed by atoms with E-state index >= 15 is 0 Å². The summed E-state index contributed by atoms with van der Waals surface area (Å²) in [7, 11) is 0. The number of nitrogens with two attached hydrogens (primary N) is 4. The minimum absolute atomic E-state index is 0.0446. The molecule has 0 spiro atoms. The summed E-state index contributed by atoms with van der Waals surface area (Å²) < 4.78 is 0. The molecule has 3 atom stereocenters. The lowest BCUT2D eigenvalue weighted by Gasteiger charge is -2.17. The maximum Gasteiger partial charge on any atom is 0.0177 e. The Kier molecular flexibility index (Phi) is 7.17. The van der Waals surface area contributed by atoms with Gasteiger partial charge in [-0.25, -0.2) is 0 Å². The summed E-state index contributed by atoms with van der Waals surface area (Å²) in [5, 5.41) is 0. The lowest BCUT2D eigenvalue weighted by atomic mass is 9.98. The van der Waals surface area contributed by atoms with E-state index < -0.39 is 0 Å². The third kappa shape index (κ3) is 6.95. The SMILES string of the molecule is CC(CN)CCC(N)CC(N)CN. The largest absolute Gasteiger partial charge is 0.330 e. The summed E-state index contributed by atoms with van der Waals surface area (Å²) in [5.41, 5.74) is 22.5. The minimum Gasteiger partial charge on any atom is -0.330 e. The molecule has 3 unspecified atom stereocenters. The topological polar surface area (TPSA) is 104 Å². The Morgan fingerprint density at radius 1 is 0.923 bits per heavy atom. The van der Waals surface area contributed by atoms with Crippen molar-refractivity contribution in [2.24, 2.45) is 28.9 Å².